The molecule has 1 aromatic carbocycles. The van der Waals surface area contributed by atoms with E-state index in [-0.39, 0.29) is 6.23 Å². The highest BCUT2D eigenvalue weighted by Gasteiger charge is 2.03. The Morgan fingerprint density at radius 1 is 1.08 bits per heavy atom. The van der Waals surface area contributed by atoms with Crippen LogP contribution in [-0.4, -0.2) is 6.23 Å². The van der Waals surface area contributed by atoms with Crippen LogP contribution in [0.4, 0.5) is 5.69 Å². The predicted octanol–water partition coefficient (Wildman–Crippen LogP) is 2.52. The van der Waals surface area contributed by atoms with Crippen LogP contribution in [0.5, 0.6) is 0 Å². The number of rotatable bonds is 2. The molecular formula is C11H11NO. The molecule has 13 heavy (non-hydrogen) atoms. The molecule has 1 heterocycles. The Balaban J connectivity index is 1.99. The van der Waals surface area contributed by atoms with E-state index in [2.05, 4.69) is 5.32 Å². The van der Waals surface area contributed by atoms with Crippen LogP contribution in [0.3, 0.4) is 0 Å². The molecule has 1 unspecified atom stereocenters. The molecule has 0 radical (unpaired) electrons. The normalized spacial score (nSPS) is 19.5. The summed E-state index contributed by atoms with van der Waals surface area (Å²) in [4.78, 5) is 0. The molecule has 2 nitrogen and oxygen atoms in total. The largest absolute Gasteiger partial charge is 0.475 e. The summed E-state index contributed by atoms with van der Waals surface area (Å²) in [5.74, 6) is 0. The van der Waals surface area contributed by atoms with Gasteiger partial charge in [0.15, 0.2) is 6.23 Å². The second kappa shape index (κ2) is 3.81. The first-order valence-electron chi connectivity index (χ1n) is 4.25. The van der Waals surface area contributed by atoms with Crippen molar-refractivity contribution in [3.63, 3.8) is 0 Å². The fourth-order valence-electron chi connectivity index (χ4n) is 1.17. The first-order valence-corrected chi connectivity index (χ1v) is 4.25. The molecule has 1 atom stereocenters. The van der Waals surface area contributed by atoms with Gasteiger partial charge < -0.3 is 10.1 Å². The number of hydrogen-bond donors (Lipinski definition) is 1. The second-order valence-corrected chi connectivity index (χ2v) is 2.78. The molecular weight excluding hydrogens is 162 g/mol. The van der Waals surface area contributed by atoms with Gasteiger partial charge in [0.1, 0.15) is 0 Å². The highest BCUT2D eigenvalue weighted by Crippen LogP contribution is 2.10. The molecule has 1 aliphatic heterocycles. The minimum absolute atomic E-state index is 0.0487. The zero-order valence-corrected chi connectivity index (χ0v) is 7.18. The van der Waals surface area contributed by atoms with E-state index in [1.54, 1.807) is 6.26 Å². The van der Waals surface area contributed by atoms with Gasteiger partial charge in [-0.05, 0) is 24.3 Å². The maximum Gasteiger partial charge on any atom is 0.188 e. The molecule has 0 saturated carbocycles. The maximum absolute atomic E-state index is 5.30. The maximum atomic E-state index is 5.30. The molecule has 0 aromatic heterocycles. The van der Waals surface area contributed by atoms with Gasteiger partial charge in [-0.3, -0.25) is 0 Å². The summed E-state index contributed by atoms with van der Waals surface area (Å²) in [7, 11) is 0. The molecule has 1 aromatic rings. The van der Waals surface area contributed by atoms with E-state index in [0.717, 1.165) is 5.69 Å². The number of hydrogen-bond acceptors (Lipinski definition) is 2. The van der Waals surface area contributed by atoms with Crippen molar-refractivity contribution >= 4 is 5.69 Å². The lowest BCUT2D eigenvalue weighted by molar-refractivity contribution is 0.208. The van der Waals surface area contributed by atoms with Crippen LogP contribution in [0.2, 0.25) is 0 Å². The zero-order chi connectivity index (χ0) is 8.93. The van der Waals surface area contributed by atoms with Crippen molar-refractivity contribution < 1.29 is 4.74 Å². The third kappa shape index (κ3) is 2.12. The van der Waals surface area contributed by atoms with Gasteiger partial charge in [-0.15, -0.1) is 0 Å². The van der Waals surface area contributed by atoms with E-state index >= 15 is 0 Å². The van der Waals surface area contributed by atoms with Crippen LogP contribution in [-0.2, 0) is 4.74 Å². The summed E-state index contributed by atoms with van der Waals surface area (Å²) in [6.45, 7) is 0. The van der Waals surface area contributed by atoms with Crippen molar-refractivity contribution in [1.29, 1.82) is 0 Å². The average molecular weight is 173 g/mol. The summed E-state index contributed by atoms with van der Waals surface area (Å²) in [6, 6.07) is 9.99. The van der Waals surface area contributed by atoms with E-state index in [9.17, 15) is 0 Å². The lowest BCUT2D eigenvalue weighted by atomic mass is 10.3. The summed E-state index contributed by atoms with van der Waals surface area (Å²) in [5, 5.41) is 3.22. The Morgan fingerprint density at radius 3 is 2.62 bits per heavy atom. The number of ether oxygens (including phenoxy) is 1. The van der Waals surface area contributed by atoms with Crippen molar-refractivity contribution in [2.45, 2.75) is 6.23 Å². The molecule has 2 heteroatoms. The van der Waals surface area contributed by atoms with Gasteiger partial charge >= 0.3 is 0 Å². The van der Waals surface area contributed by atoms with Crippen LogP contribution in [0, 0.1) is 0 Å². The first-order chi connectivity index (χ1) is 6.45. The van der Waals surface area contributed by atoms with E-state index in [0.29, 0.717) is 0 Å². The highest BCUT2D eigenvalue weighted by atomic mass is 16.5. The molecule has 1 aliphatic rings. The molecule has 0 spiro atoms. The monoisotopic (exact) mass is 173 g/mol. The van der Waals surface area contributed by atoms with Gasteiger partial charge in [-0.25, -0.2) is 0 Å². The van der Waals surface area contributed by atoms with Crippen LogP contribution >= 0.6 is 0 Å². The van der Waals surface area contributed by atoms with Gasteiger partial charge in [-0.2, -0.15) is 0 Å². The smallest absolute Gasteiger partial charge is 0.188 e. The summed E-state index contributed by atoms with van der Waals surface area (Å²) in [6.07, 6.45) is 7.42. The fraction of sp³-hybridized carbons (Fsp3) is 0.0909. The molecule has 1 N–H and O–H groups in total. The fourth-order valence-corrected chi connectivity index (χ4v) is 1.17. The molecule has 0 saturated heterocycles. The summed E-state index contributed by atoms with van der Waals surface area (Å²) in [5.41, 5.74) is 1.06. The number of anilines is 1. The summed E-state index contributed by atoms with van der Waals surface area (Å²) < 4.78 is 5.30. The third-order valence-electron chi connectivity index (χ3n) is 1.78. The number of allylic oxidation sites excluding steroid dienone is 2. The van der Waals surface area contributed by atoms with Gasteiger partial charge in [0, 0.05) is 5.69 Å². The Bertz CT molecular complexity index is 316. The lowest BCUT2D eigenvalue weighted by Gasteiger charge is -2.17. The Hall–Kier alpha value is -1.70. The zero-order valence-electron chi connectivity index (χ0n) is 7.18. The van der Waals surface area contributed by atoms with Crippen molar-refractivity contribution in [2.75, 3.05) is 5.32 Å². The van der Waals surface area contributed by atoms with E-state index in [4.69, 9.17) is 4.74 Å². The van der Waals surface area contributed by atoms with E-state index in [1.165, 1.54) is 0 Å². The SMILES string of the molecule is C1=COC(Nc2ccccc2)C=C1. The van der Waals surface area contributed by atoms with E-state index in [1.807, 2.05) is 48.6 Å². The Morgan fingerprint density at radius 2 is 1.92 bits per heavy atom. The van der Waals surface area contributed by atoms with Crippen molar-refractivity contribution in [1.82, 2.24) is 0 Å². The van der Waals surface area contributed by atoms with Crippen LogP contribution in [0.1, 0.15) is 0 Å². The number of para-hydroxylation sites is 1. The summed E-state index contributed by atoms with van der Waals surface area (Å²) >= 11 is 0. The molecule has 66 valence electrons. The molecule has 0 fully saturated rings. The van der Waals surface area contributed by atoms with E-state index < -0.39 is 0 Å². The third-order valence-corrected chi connectivity index (χ3v) is 1.78. The highest BCUT2D eigenvalue weighted by molar-refractivity contribution is 5.44. The molecule has 0 aliphatic carbocycles. The molecule has 0 amide bonds. The predicted molar refractivity (Wildman–Crippen MR) is 53.2 cm³/mol. The van der Waals surface area contributed by atoms with Crippen molar-refractivity contribution in [3.05, 3.63) is 54.8 Å². The minimum atomic E-state index is -0.0487. The van der Waals surface area contributed by atoms with Gasteiger partial charge in [0.25, 0.3) is 0 Å². The topological polar surface area (TPSA) is 21.3 Å². The Kier molecular flexibility index (Phi) is 2.32. The van der Waals surface area contributed by atoms with Crippen LogP contribution < -0.4 is 5.32 Å². The van der Waals surface area contributed by atoms with Crippen molar-refractivity contribution in [2.24, 2.45) is 0 Å². The first kappa shape index (κ1) is 7.92. The van der Waals surface area contributed by atoms with Gasteiger partial charge in [-0.1, -0.05) is 24.3 Å². The second-order valence-electron chi connectivity index (χ2n) is 2.78. The van der Waals surface area contributed by atoms with Gasteiger partial charge in [0.05, 0.1) is 6.26 Å². The van der Waals surface area contributed by atoms with Crippen LogP contribution in [0.25, 0.3) is 0 Å². The Labute approximate surface area is 77.5 Å². The lowest BCUT2D eigenvalue weighted by Crippen LogP contribution is -2.19. The molecule has 2 rings (SSSR count). The molecule has 0 bridgehead atoms. The number of benzene rings is 1. The quantitative estimate of drug-likeness (QED) is 0.742. The number of nitrogens with one attached hydrogen (secondary N) is 1. The standard InChI is InChI=1S/C11H11NO/c1-2-6-10(7-3-1)12-11-8-4-5-9-13-11/h1-9,11-12H. The van der Waals surface area contributed by atoms with Crippen molar-refractivity contribution in [3.8, 4) is 0 Å². The minimum Gasteiger partial charge on any atom is -0.475 e. The van der Waals surface area contributed by atoms with Crippen LogP contribution in [0.15, 0.2) is 54.8 Å². The average Bonchev–Trinajstić information content (AvgIpc) is 2.21. The van der Waals surface area contributed by atoms with Gasteiger partial charge in [0.2, 0.25) is 0 Å².